The molecule has 0 radical (unpaired) electrons. The number of benzene rings is 2. The Morgan fingerprint density at radius 1 is 1.00 bits per heavy atom. The predicted octanol–water partition coefficient (Wildman–Crippen LogP) is 3.59. The molecule has 3 aromatic rings. The summed E-state index contributed by atoms with van der Waals surface area (Å²) in [5.41, 5.74) is 1.75. The molecule has 3 rings (SSSR count). The van der Waals surface area contributed by atoms with Gasteiger partial charge in [-0.1, -0.05) is 30.3 Å². The van der Waals surface area contributed by atoms with Gasteiger partial charge in [-0.2, -0.15) is 0 Å². The van der Waals surface area contributed by atoms with E-state index in [1.807, 2.05) is 42.5 Å². The monoisotopic (exact) mass is 280 g/mol. The Morgan fingerprint density at radius 3 is 2.62 bits per heavy atom. The quantitative estimate of drug-likeness (QED) is 0.733. The van der Waals surface area contributed by atoms with Crippen LogP contribution in [0.3, 0.4) is 0 Å². The number of hydrogen-bond acceptors (Lipinski definition) is 3. The Balaban J connectivity index is 1.87. The SMILES string of the molecule is COc1ccccc1CCc1cc(=O)c2ccccc2o1. The molecule has 3 heteroatoms. The van der Waals surface area contributed by atoms with Crippen LogP contribution in [-0.4, -0.2) is 7.11 Å². The van der Waals surface area contributed by atoms with E-state index < -0.39 is 0 Å². The summed E-state index contributed by atoms with van der Waals surface area (Å²) in [5, 5.41) is 0.624. The first-order chi connectivity index (χ1) is 10.3. The predicted molar refractivity (Wildman–Crippen MR) is 82.9 cm³/mol. The highest BCUT2D eigenvalue weighted by atomic mass is 16.5. The van der Waals surface area contributed by atoms with Crippen LogP contribution in [0.15, 0.2) is 63.8 Å². The molecule has 0 N–H and O–H groups in total. The first-order valence-electron chi connectivity index (χ1n) is 6.91. The third-order valence-corrected chi connectivity index (χ3v) is 3.52. The minimum absolute atomic E-state index is 0.00637. The van der Waals surface area contributed by atoms with E-state index in [-0.39, 0.29) is 5.43 Å². The Hall–Kier alpha value is -2.55. The van der Waals surface area contributed by atoms with Gasteiger partial charge >= 0.3 is 0 Å². The summed E-state index contributed by atoms with van der Waals surface area (Å²) in [7, 11) is 1.66. The van der Waals surface area contributed by atoms with Gasteiger partial charge in [0.1, 0.15) is 17.1 Å². The van der Waals surface area contributed by atoms with Crippen LogP contribution < -0.4 is 10.2 Å². The number of hydrogen-bond donors (Lipinski definition) is 0. The van der Waals surface area contributed by atoms with E-state index in [2.05, 4.69) is 0 Å². The molecular formula is C18H16O3. The molecule has 0 saturated carbocycles. The van der Waals surface area contributed by atoms with Crippen molar-refractivity contribution in [3.63, 3.8) is 0 Å². The third kappa shape index (κ3) is 2.82. The summed E-state index contributed by atoms with van der Waals surface area (Å²) in [4.78, 5) is 12.0. The van der Waals surface area contributed by atoms with Crippen molar-refractivity contribution in [1.29, 1.82) is 0 Å². The first kappa shape index (κ1) is 13.4. The lowest BCUT2D eigenvalue weighted by Crippen LogP contribution is -2.03. The molecular weight excluding hydrogens is 264 g/mol. The van der Waals surface area contributed by atoms with Gasteiger partial charge in [0.2, 0.25) is 0 Å². The third-order valence-electron chi connectivity index (χ3n) is 3.52. The van der Waals surface area contributed by atoms with E-state index in [1.165, 1.54) is 0 Å². The second-order valence-corrected chi connectivity index (χ2v) is 4.88. The maximum atomic E-state index is 12.0. The van der Waals surface area contributed by atoms with Crippen molar-refractivity contribution in [2.45, 2.75) is 12.8 Å². The molecule has 0 spiro atoms. The summed E-state index contributed by atoms with van der Waals surface area (Å²) >= 11 is 0. The second-order valence-electron chi connectivity index (χ2n) is 4.88. The van der Waals surface area contributed by atoms with Crippen molar-refractivity contribution in [2.24, 2.45) is 0 Å². The van der Waals surface area contributed by atoms with E-state index in [0.717, 1.165) is 17.7 Å². The summed E-state index contributed by atoms with van der Waals surface area (Å²) in [6.45, 7) is 0. The molecule has 0 aliphatic heterocycles. The maximum absolute atomic E-state index is 12.0. The number of rotatable bonds is 4. The van der Waals surface area contributed by atoms with Gasteiger partial charge in [-0.25, -0.2) is 0 Å². The minimum atomic E-state index is 0.00637. The van der Waals surface area contributed by atoms with Crippen LogP contribution in [0.2, 0.25) is 0 Å². The maximum Gasteiger partial charge on any atom is 0.192 e. The molecule has 0 saturated heterocycles. The van der Waals surface area contributed by atoms with E-state index in [4.69, 9.17) is 9.15 Å². The van der Waals surface area contributed by atoms with Gasteiger partial charge in [-0.05, 0) is 30.2 Å². The van der Waals surface area contributed by atoms with Crippen LogP contribution in [0.25, 0.3) is 11.0 Å². The first-order valence-corrected chi connectivity index (χ1v) is 6.91. The molecule has 0 unspecified atom stereocenters. The van der Waals surface area contributed by atoms with Crippen LogP contribution in [0.5, 0.6) is 5.75 Å². The Bertz CT molecular complexity index is 818. The fraction of sp³-hybridized carbons (Fsp3) is 0.167. The van der Waals surface area contributed by atoms with Crippen molar-refractivity contribution < 1.29 is 9.15 Å². The van der Waals surface area contributed by atoms with Crippen molar-refractivity contribution in [3.05, 3.63) is 76.1 Å². The van der Waals surface area contributed by atoms with Crippen molar-refractivity contribution in [1.82, 2.24) is 0 Å². The molecule has 1 aromatic heterocycles. The number of methoxy groups -OCH3 is 1. The fourth-order valence-electron chi connectivity index (χ4n) is 2.44. The lowest BCUT2D eigenvalue weighted by Gasteiger charge is -2.08. The van der Waals surface area contributed by atoms with Gasteiger partial charge in [0.25, 0.3) is 0 Å². The zero-order chi connectivity index (χ0) is 14.7. The van der Waals surface area contributed by atoms with Gasteiger partial charge in [0, 0.05) is 12.5 Å². The molecule has 2 aromatic carbocycles. The Kier molecular flexibility index (Phi) is 3.73. The molecule has 0 amide bonds. The topological polar surface area (TPSA) is 39.4 Å². The molecule has 0 aliphatic carbocycles. The highest BCUT2D eigenvalue weighted by Crippen LogP contribution is 2.20. The summed E-state index contributed by atoms with van der Waals surface area (Å²) in [6, 6.07) is 16.8. The number of para-hydroxylation sites is 2. The molecule has 106 valence electrons. The van der Waals surface area contributed by atoms with Gasteiger partial charge in [0.15, 0.2) is 5.43 Å². The standard InChI is InChI=1S/C18H16O3/c1-20-17-8-4-2-6-13(17)10-11-14-12-16(19)15-7-3-5-9-18(15)21-14/h2-9,12H,10-11H2,1H3. The van der Waals surface area contributed by atoms with Gasteiger partial charge in [0.05, 0.1) is 12.5 Å². The minimum Gasteiger partial charge on any atom is -0.496 e. The zero-order valence-electron chi connectivity index (χ0n) is 11.8. The highest BCUT2D eigenvalue weighted by molar-refractivity contribution is 5.76. The van der Waals surface area contributed by atoms with Crippen LogP contribution in [0, 0.1) is 0 Å². The number of ether oxygens (including phenoxy) is 1. The average molecular weight is 280 g/mol. The zero-order valence-corrected chi connectivity index (χ0v) is 11.8. The van der Waals surface area contributed by atoms with Crippen LogP contribution in [-0.2, 0) is 12.8 Å². The van der Waals surface area contributed by atoms with E-state index in [1.54, 1.807) is 19.2 Å². The highest BCUT2D eigenvalue weighted by Gasteiger charge is 2.06. The van der Waals surface area contributed by atoms with Gasteiger partial charge in [-0.3, -0.25) is 4.79 Å². The van der Waals surface area contributed by atoms with Gasteiger partial charge in [-0.15, -0.1) is 0 Å². The Morgan fingerprint density at radius 2 is 1.76 bits per heavy atom. The molecule has 0 atom stereocenters. The largest absolute Gasteiger partial charge is 0.496 e. The fourth-order valence-corrected chi connectivity index (χ4v) is 2.44. The van der Waals surface area contributed by atoms with Crippen molar-refractivity contribution >= 4 is 11.0 Å². The molecule has 0 fully saturated rings. The van der Waals surface area contributed by atoms with Crippen LogP contribution in [0.4, 0.5) is 0 Å². The van der Waals surface area contributed by atoms with Crippen molar-refractivity contribution in [3.8, 4) is 5.75 Å². The van der Waals surface area contributed by atoms with Crippen molar-refractivity contribution in [2.75, 3.05) is 7.11 Å². The Labute approximate surface area is 122 Å². The smallest absolute Gasteiger partial charge is 0.192 e. The normalized spacial score (nSPS) is 10.7. The molecule has 21 heavy (non-hydrogen) atoms. The molecule has 0 bridgehead atoms. The number of aryl methyl sites for hydroxylation is 2. The van der Waals surface area contributed by atoms with E-state index in [9.17, 15) is 4.79 Å². The lowest BCUT2D eigenvalue weighted by molar-refractivity contribution is 0.409. The average Bonchev–Trinajstić information content (AvgIpc) is 2.53. The summed E-state index contributed by atoms with van der Waals surface area (Å²) in [6.07, 6.45) is 1.44. The van der Waals surface area contributed by atoms with Crippen LogP contribution in [0.1, 0.15) is 11.3 Å². The second kappa shape index (κ2) is 5.83. The molecule has 1 heterocycles. The summed E-state index contributed by atoms with van der Waals surface area (Å²) in [5.74, 6) is 1.56. The molecule has 0 aliphatic rings. The van der Waals surface area contributed by atoms with Crippen LogP contribution >= 0.6 is 0 Å². The van der Waals surface area contributed by atoms with Gasteiger partial charge < -0.3 is 9.15 Å². The summed E-state index contributed by atoms with van der Waals surface area (Å²) < 4.78 is 11.1. The lowest BCUT2D eigenvalue weighted by atomic mass is 10.1. The molecule has 3 nitrogen and oxygen atoms in total. The van der Waals surface area contributed by atoms with E-state index >= 15 is 0 Å². The number of fused-ring (bicyclic) bond motifs is 1. The van der Waals surface area contributed by atoms with E-state index in [0.29, 0.717) is 23.2 Å².